The van der Waals surface area contributed by atoms with Crippen LogP contribution in [0.1, 0.15) is 50.7 Å². The maximum atomic E-state index is 12.9. The first kappa shape index (κ1) is 27.6. The SMILES string of the molecule is CC(C)(CCC(C(N)=O)(c1ccccc1)c1ccccc1)N1CCCC1.COc1cc(O)cc(Cl)c1. The molecule has 36 heavy (non-hydrogen) atoms. The zero-order valence-corrected chi connectivity index (χ0v) is 22.2. The summed E-state index contributed by atoms with van der Waals surface area (Å²) in [6, 6.07) is 24.6. The Morgan fingerprint density at radius 3 is 1.92 bits per heavy atom. The van der Waals surface area contributed by atoms with Crippen molar-refractivity contribution in [2.45, 2.75) is 50.5 Å². The molecule has 1 amide bonds. The van der Waals surface area contributed by atoms with E-state index < -0.39 is 5.41 Å². The van der Waals surface area contributed by atoms with Gasteiger partial charge in [-0.15, -0.1) is 0 Å². The number of phenolic OH excluding ortho intramolecular Hbond substituents is 1. The molecule has 5 nitrogen and oxygen atoms in total. The molecule has 4 rings (SSSR count). The number of likely N-dealkylation sites (tertiary alicyclic amines) is 1. The molecular weight excluding hydrogens is 472 g/mol. The van der Waals surface area contributed by atoms with Crippen molar-refractivity contribution in [2.24, 2.45) is 5.73 Å². The lowest BCUT2D eigenvalue weighted by molar-refractivity contribution is -0.122. The summed E-state index contributed by atoms with van der Waals surface area (Å²) in [6.45, 7) is 6.88. The van der Waals surface area contributed by atoms with Crippen molar-refractivity contribution < 1.29 is 14.6 Å². The Morgan fingerprint density at radius 1 is 0.944 bits per heavy atom. The molecule has 1 heterocycles. The molecule has 0 saturated carbocycles. The zero-order chi connectivity index (χ0) is 26.2. The lowest BCUT2D eigenvalue weighted by Crippen LogP contribution is -2.47. The van der Waals surface area contributed by atoms with Crippen LogP contribution in [-0.4, -0.2) is 41.7 Å². The van der Waals surface area contributed by atoms with Crippen molar-refractivity contribution in [1.29, 1.82) is 0 Å². The fourth-order valence-corrected chi connectivity index (χ4v) is 5.17. The van der Waals surface area contributed by atoms with Crippen LogP contribution in [0, 0.1) is 0 Å². The predicted molar refractivity (Wildman–Crippen MR) is 147 cm³/mol. The lowest BCUT2D eigenvalue weighted by atomic mass is 9.69. The van der Waals surface area contributed by atoms with Crippen molar-refractivity contribution in [3.05, 3.63) is 95.0 Å². The van der Waals surface area contributed by atoms with Gasteiger partial charge in [0.05, 0.1) is 12.5 Å². The van der Waals surface area contributed by atoms with E-state index in [1.807, 2.05) is 60.7 Å². The average Bonchev–Trinajstić information content (AvgIpc) is 3.42. The highest BCUT2D eigenvalue weighted by Gasteiger charge is 2.42. The van der Waals surface area contributed by atoms with Gasteiger partial charge in [-0.1, -0.05) is 72.3 Å². The number of amides is 1. The molecule has 0 spiro atoms. The number of hydrogen-bond donors (Lipinski definition) is 2. The molecule has 0 atom stereocenters. The number of phenols is 1. The smallest absolute Gasteiger partial charge is 0.232 e. The van der Waals surface area contributed by atoms with Crippen LogP contribution in [0.2, 0.25) is 5.02 Å². The number of hydrogen-bond acceptors (Lipinski definition) is 4. The van der Waals surface area contributed by atoms with Gasteiger partial charge in [0, 0.05) is 16.6 Å². The lowest BCUT2D eigenvalue weighted by Gasteiger charge is -2.40. The van der Waals surface area contributed by atoms with E-state index in [9.17, 15) is 4.79 Å². The first-order chi connectivity index (χ1) is 17.2. The highest BCUT2D eigenvalue weighted by molar-refractivity contribution is 6.30. The second-order valence-electron chi connectivity index (χ2n) is 9.86. The number of rotatable bonds is 8. The number of ether oxygens (including phenoxy) is 1. The average molecular weight is 509 g/mol. The Bertz CT molecular complexity index is 1050. The third kappa shape index (κ3) is 6.59. The van der Waals surface area contributed by atoms with Crippen molar-refractivity contribution in [3.8, 4) is 11.5 Å². The van der Waals surface area contributed by atoms with Gasteiger partial charge in [0.15, 0.2) is 0 Å². The number of nitrogens with two attached hydrogens (primary N) is 1. The van der Waals surface area contributed by atoms with Gasteiger partial charge < -0.3 is 15.6 Å². The Labute approximate surface area is 219 Å². The van der Waals surface area contributed by atoms with Gasteiger partial charge in [-0.05, 0) is 75.9 Å². The summed E-state index contributed by atoms with van der Waals surface area (Å²) in [6.07, 6.45) is 4.16. The summed E-state index contributed by atoms with van der Waals surface area (Å²) < 4.78 is 4.83. The molecule has 1 aliphatic heterocycles. The molecule has 192 valence electrons. The van der Waals surface area contributed by atoms with Crippen molar-refractivity contribution in [2.75, 3.05) is 20.2 Å². The van der Waals surface area contributed by atoms with Crippen LogP contribution in [0.25, 0.3) is 0 Å². The second-order valence-corrected chi connectivity index (χ2v) is 10.3. The number of halogens is 1. The third-order valence-corrected chi connectivity index (χ3v) is 7.34. The Morgan fingerprint density at radius 2 is 1.47 bits per heavy atom. The van der Waals surface area contributed by atoms with Gasteiger partial charge in [-0.2, -0.15) is 0 Å². The highest BCUT2D eigenvalue weighted by atomic mass is 35.5. The molecule has 0 aliphatic carbocycles. The summed E-state index contributed by atoms with van der Waals surface area (Å²) in [5.74, 6) is 0.404. The largest absolute Gasteiger partial charge is 0.508 e. The van der Waals surface area contributed by atoms with E-state index in [1.54, 1.807) is 6.07 Å². The number of benzene rings is 3. The molecule has 0 radical (unpaired) electrons. The van der Waals surface area contributed by atoms with E-state index in [0.717, 1.165) is 30.6 Å². The molecule has 3 aromatic carbocycles. The van der Waals surface area contributed by atoms with E-state index >= 15 is 0 Å². The molecule has 1 fully saturated rings. The van der Waals surface area contributed by atoms with Gasteiger partial charge in [0.2, 0.25) is 5.91 Å². The maximum Gasteiger partial charge on any atom is 0.232 e. The first-order valence-electron chi connectivity index (χ1n) is 12.4. The van der Waals surface area contributed by atoms with Gasteiger partial charge in [0.25, 0.3) is 0 Å². The minimum absolute atomic E-state index is 0.0563. The van der Waals surface area contributed by atoms with Crippen molar-refractivity contribution in [3.63, 3.8) is 0 Å². The topological polar surface area (TPSA) is 75.8 Å². The van der Waals surface area contributed by atoms with E-state index in [4.69, 9.17) is 27.2 Å². The standard InChI is InChI=1S/C23H30N2O.C7H7ClO2/c1-22(2,25-17-9-10-18-25)15-16-23(21(24)26,19-11-5-3-6-12-19)20-13-7-4-8-14-20;1-10-7-3-5(8)2-6(9)4-7/h3-8,11-14H,9-10,15-18H2,1-2H3,(H2,24,26);2-4,9H,1H3. The number of primary amides is 1. The Hall–Kier alpha value is -3.02. The highest BCUT2D eigenvalue weighted by Crippen LogP contribution is 2.39. The van der Waals surface area contributed by atoms with Crippen LogP contribution in [0.15, 0.2) is 78.9 Å². The molecule has 3 N–H and O–H groups in total. The van der Waals surface area contributed by atoms with E-state index in [-0.39, 0.29) is 17.2 Å². The van der Waals surface area contributed by atoms with Crippen LogP contribution in [0.4, 0.5) is 0 Å². The monoisotopic (exact) mass is 508 g/mol. The second kappa shape index (κ2) is 12.3. The molecular formula is C30H37ClN2O3. The van der Waals surface area contributed by atoms with Crippen LogP contribution in [-0.2, 0) is 10.2 Å². The Kier molecular flexibility index (Phi) is 9.41. The van der Waals surface area contributed by atoms with E-state index in [2.05, 4.69) is 18.7 Å². The molecule has 6 heteroatoms. The molecule has 0 bridgehead atoms. The van der Waals surface area contributed by atoms with Gasteiger partial charge >= 0.3 is 0 Å². The minimum Gasteiger partial charge on any atom is -0.508 e. The third-order valence-electron chi connectivity index (χ3n) is 7.12. The minimum atomic E-state index is -0.792. The summed E-state index contributed by atoms with van der Waals surface area (Å²) in [4.78, 5) is 15.4. The first-order valence-corrected chi connectivity index (χ1v) is 12.8. The van der Waals surface area contributed by atoms with Crippen molar-refractivity contribution >= 4 is 17.5 Å². The van der Waals surface area contributed by atoms with Crippen LogP contribution in [0.3, 0.4) is 0 Å². The van der Waals surface area contributed by atoms with Crippen LogP contribution < -0.4 is 10.5 Å². The van der Waals surface area contributed by atoms with Crippen LogP contribution in [0.5, 0.6) is 11.5 Å². The Balaban J connectivity index is 0.000000303. The maximum absolute atomic E-state index is 12.9. The number of nitrogens with zero attached hydrogens (tertiary/aromatic N) is 1. The van der Waals surface area contributed by atoms with Gasteiger partial charge in [0.1, 0.15) is 11.5 Å². The van der Waals surface area contributed by atoms with Crippen molar-refractivity contribution in [1.82, 2.24) is 4.90 Å². The number of aromatic hydroxyl groups is 1. The van der Waals surface area contributed by atoms with Gasteiger partial charge in [-0.25, -0.2) is 0 Å². The summed E-state index contributed by atoms with van der Waals surface area (Å²) >= 11 is 5.59. The van der Waals surface area contributed by atoms with E-state index in [1.165, 1.54) is 32.1 Å². The normalized spacial score (nSPS) is 14.1. The summed E-state index contributed by atoms with van der Waals surface area (Å²) in [5, 5.41) is 9.43. The molecule has 1 saturated heterocycles. The fourth-order valence-electron chi connectivity index (χ4n) is 4.95. The van der Waals surface area contributed by atoms with Crippen LogP contribution >= 0.6 is 11.6 Å². The van der Waals surface area contributed by atoms with E-state index in [0.29, 0.717) is 17.2 Å². The molecule has 0 aromatic heterocycles. The quantitative estimate of drug-likeness (QED) is 0.381. The van der Waals surface area contributed by atoms with Gasteiger partial charge in [-0.3, -0.25) is 9.69 Å². The zero-order valence-electron chi connectivity index (χ0n) is 21.4. The number of carbonyl (C=O) groups excluding carboxylic acids is 1. The summed E-state index contributed by atoms with van der Waals surface area (Å²) in [5.41, 5.74) is 7.29. The summed E-state index contributed by atoms with van der Waals surface area (Å²) in [7, 11) is 1.52. The predicted octanol–water partition coefficient (Wildman–Crippen LogP) is 6.17. The molecule has 0 unspecified atom stereocenters. The number of carbonyl (C=O) groups is 1. The molecule has 1 aliphatic rings. The number of methoxy groups -OCH3 is 1. The fraction of sp³-hybridized carbons (Fsp3) is 0.367. The molecule has 3 aromatic rings.